The number of methoxy groups -OCH3 is 2. The molecule has 0 aromatic heterocycles. The molecule has 130 valence electrons. The van der Waals surface area contributed by atoms with E-state index in [1.54, 1.807) is 13.1 Å². The third kappa shape index (κ3) is 4.00. The molecule has 1 aromatic rings. The van der Waals surface area contributed by atoms with Crippen LogP contribution >= 0.6 is 15.9 Å². The molecule has 1 aromatic carbocycles. The van der Waals surface area contributed by atoms with Gasteiger partial charge in [-0.05, 0) is 34.8 Å². The summed E-state index contributed by atoms with van der Waals surface area (Å²) in [6.45, 7) is 0. The molecule has 0 amide bonds. The minimum Gasteiger partial charge on any atom is -0.493 e. The van der Waals surface area contributed by atoms with Crippen molar-refractivity contribution in [3.05, 3.63) is 16.6 Å². The molecule has 7 heteroatoms. The summed E-state index contributed by atoms with van der Waals surface area (Å²) in [6.07, 6.45) is 6.37. The number of rotatable bonds is 5. The van der Waals surface area contributed by atoms with E-state index in [-0.39, 0.29) is 10.9 Å². The Morgan fingerprint density at radius 3 is 2.09 bits per heavy atom. The average molecular weight is 406 g/mol. The van der Waals surface area contributed by atoms with Crippen molar-refractivity contribution in [2.24, 2.45) is 0 Å². The first-order chi connectivity index (χ1) is 10.9. The molecule has 1 aliphatic carbocycles. The summed E-state index contributed by atoms with van der Waals surface area (Å²) in [5, 5.41) is 0. The summed E-state index contributed by atoms with van der Waals surface area (Å²) < 4.78 is 38.5. The number of nitrogens with zero attached hydrogens (tertiary/aromatic N) is 1. The van der Waals surface area contributed by atoms with Crippen LogP contribution in [-0.4, -0.2) is 40.0 Å². The molecule has 1 saturated carbocycles. The van der Waals surface area contributed by atoms with Crippen LogP contribution in [-0.2, 0) is 10.0 Å². The Kier molecular flexibility index (Phi) is 6.33. The normalized spacial score (nSPS) is 17.1. The number of sulfonamides is 1. The van der Waals surface area contributed by atoms with Crippen LogP contribution in [0.3, 0.4) is 0 Å². The van der Waals surface area contributed by atoms with Gasteiger partial charge in [0, 0.05) is 23.6 Å². The Labute approximate surface area is 147 Å². The standard InChI is InChI=1S/C16H24BrNO4S/c1-18(12-8-6-4-5-7-9-12)23(19,20)16-11-15(22-3)14(21-2)10-13(16)17/h10-12H,4-9H2,1-3H3. The number of hydrogen-bond acceptors (Lipinski definition) is 4. The van der Waals surface area contributed by atoms with Gasteiger partial charge in [0.1, 0.15) is 4.90 Å². The lowest BCUT2D eigenvalue weighted by atomic mass is 10.1. The molecule has 0 atom stereocenters. The molecular weight excluding hydrogens is 382 g/mol. The lowest BCUT2D eigenvalue weighted by molar-refractivity contribution is 0.334. The molecule has 0 bridgehead atoms. The molecule has 0 radical (unpaired) electrons. The monoisotopic (exact) mass is 405 g/mol. The Morgan fingerprint density at radius 2 is 1.57 bits per heavy atom. The van der Waals surface area contributed by atoms with Crippen molar-refractivity contribution in [1.29, 1.82) is 0 Å². The Morgan fingerprint density at radius 1 is 1.04 bits per heavy atom. The van der Waals surface area contributed by atoms with E-state index < -0.39 is 10.0 Å². The second-order valence-corrected chi connectivity index (χ2v) is 8.62. The van der Waals surface area contributed by atoms with E-state index in [4.69, 9.17) is 9.47 Å². The summed E-state index contributed by atoms with van der Waals surface area (Å²) >= 11 is 3.35. The highest BCUT2D eigenvalue weighted by Gasteiger charge is 2.31. The van der Waals surface area contributed by atoms with Gasteiger partial charge in [0.2, 0.25) is 10.0 Å². The highest BCUT2D eigenvalue weighted by atomic mass is 79.9. The van der Waals surface area contributed by atoms with E-state index in [9.17, 15) is 8.42 Å². The van der Waals surface area contributed by atoms with Crippen LogP contribution in [0.25, 0.3) is 0 Å². The topological polar surface area (TPSA) is 55.8 Å². The molecule has 0 N–H and O–H groups in total. The maximum absolute atomic E-state index is 13.0. The van der Waals surface area contributed by atoms with Crippen molar-refractivity contribution in [1.82, 2.24) is 4.31 Å². The zero-order chi connectivity index (χ0) is 17.0. The fraction of sp³-hybridized carbons (Fsp3) is 0.625. The van der Waals surface area contributed by atoms with Gasteiger partial charge >= 0.3 is 0 Å². The van der Waals surface area contributed by atoms with Crippen LogP contribution in [0.2, 0.25) is 0 Å². The molecule has 5 nitrogen and oxygen atoms in total. The summed E-state index contributed by atoms with van der Waals surface area (Å²) in [7, 11) is 1.10. The number of hydrogen-bond donors (Lipinski definition) is 0. The molecule has 0 heterocycles. The largest absolute Gasteiger partial charge is 0.493 e. The van der Waals surface area contributed by atoms with Gasteiger partial charge < -0.3 is 9.47 Å². The molecule has 23 heavy (non-hydrogen) atoms. The van der Waals surface area contributed by atoms with Crippen LogP contribution in [0, 0.1) is 0 Å². The number of benzene rings is 1. The van der Waals surface area contributed by atoms with Gasteiger partial charge in [-0.25, -0.2) is 8.42 Å². The third-order valence-corrected chi connectivity index (χ3v) is 7.30. The summed E-state index contributed by atoms with van der Waals surface area (Å²) in [5.74, 6) is 0.902. The first-order valence-electron chi connectivity index (χ1n) is 7.81. The summed E-state index contributed by atoms with van der Waals surface area (Å²) in [6, 6.07) is 3.21. The lowest BCUT2D eigenvalue weighted by Gasteiger charge is -2.27. The Hall–Kier alpha value is -0.790. The van der Waals surface area contributed by atoms with Gasteiger partial charge in [-0.3, -0.25) is 0 Å². The van der Waals surface area contributed by atoms with Crippen molar-refractivity contribution >= 4 is 26.0 Å². The van der Waals surface area contributed by atoms with Crippen molar-refractivity contribution < 1.29 is 17.9 Å². The zero-order valence-corrected chi connectivity index (χ0v) is 16.2. The summed E-state index contributed by atoms with van der Waals surface area (Å²) in [4.78, 5) is 0.210. The maximum atomic E-state index is 13.0. The van der Waals surface area contributed by atoms with Crippen LogP contribution < -0.4 is 9.47 Å². The molecule has 0 saturated heterocycles. The van der Waals surface area contributed by atoms with E-state index in [1.807, 2.05) is 0 Å². The SMILES string of the molecule is COc1cc(Br)c(S(=O)(=O)N(C)C2CCCCCC2)cc1OC. The van der Waals surface area contributed by atoms with E-state index in [0.29, 0.717) is 16.0 Å². The van der Waals surface area contributed by atoms with Crippen molar-refractivity contribution in [3.63, 3.8) is 0 Å². The number of halogens is 1. The molecular formula is C16H24BrNO4S. The smallest absolute Gasteiger partial charge is 0.244 e. The van der Waals surface area contributed by atoms with Crippen LogP contribution in [0.5, 0.6) is 11.5 Å². The third-order valence-electron chi connectivity index (χ3n) is 4.43. The van der Waals surface area contributed by atoms with E-state index in [1.165, 1.54) is 37.4 Å². The lowest BCUT2D eigenvalue weighted by Crippen LogP contribution is -2.36. The maximum Gasteiger partial charge on any atom is 0.244 e. The highest BCUT2D eigenvalue weighted by molar-refractivity contribution is 9.10. The molecule has 1 fully saturated rings. The molecule has 0 spiro atoms. The second-order valence-electron chi connectivity index (χ2n) is 5.80. The molecule has 2 rings (SSSR count). The van der Waals surface area contributed by atoms with Crippen LogP contribution in [0.1, 0.15) is 38.5 Å². The first kappa shape index (κ1) is 18.5. The van der Waals surface area contributed by atoms with Gasteiger partial charge in [0.15, 0.2) is 11.5 Å². The van der Waals surface area contributed by atoms with Crippen molar-refractivity contribution in [2.75, 3.05) is 21.3 Å². The van der Waals surface area contributed by atoms with Gasteiger partial charge in [-0.1, -0.05) is 25.7 Å². The second kappa shape index (κ2) is 7.85. The molecule has 1 aliphatic rings. The fourth-order valence-corrected chi connectivity index (χ4v) is 5.42. The predicted molar refractivity (Wildman–Crippen MR) is 93.7 cm³/mol. The van der Waals surface area contributed by atoms with Crippen molar-refractivity contribution in [2.45, 2.75) is 49.5 Å². The van der Waals surface area contributed by atoms with Gasteiger partial charge in [-0.2, -0.15) is 4.31 Å². The molecule has 0 aliphatic heterocycles. The fourth-order valence-electron chi connectivity index (χ4n) is 3.01. The Balaban J connectivity index is 2.38. The van der Waals surface area contributed by atoms with E-state index in [2.05, 4.69) is 15.9 Å². The summed E-state index contributed by atoms with van der Waals surface area (Å²) in [5.41, 5.74) is 0. The number of ether oxygens (including phenoxy) is 2. The van der Waals surface area contributed by atoms with Crippen molar-refractivity contribution in [3.8, 4) is 11.5 Å². The predicted octanol–water partition coefficient (Wildman–Crippen LogP) is 3.81. The minimum atomic E-state index is -3.59. The van der Waals surface area contributed by atoms with Gasteiger partial charge in [0.25, 0.3) is 0 Å². The zero-order valence-electron chi connectivity index (χ0n) is 13.8. The van der Waals surface area contributed by atoms with Crippen LogP contribution in [0.15, 0.2) is 21.5 Å². The van der Waals surface area contributed by atoms with Crippen LogP contribution in [0.4, 0.5) is 0 Å². The minimum absolute atomic E-state index is 0.0579. The first-order valence-corrected chi connectivity index (χ1v) is 10.0. The van der Waals surface area contributed by atoms with Gasteiger partial charge in [0.05, 0.1) is 14.2 Å². The van der Waals surface area contributed by atoms with E-state index in [0.717, 1.165) is 25.7 Å². The van der Waals surface area contributed by atoms with Gasteiger partial charge in [-0.15, -0.1) is 0 Å². The van der Waals surface area contributed by atoms with E-state index >= 15 is 0 Å². The highest BCUT2D eigenvalue weighted by Crippen LogP contribution is 2.37. The quantitative estimate of drug-likeness (QED) is 0.698. The Bertz CT molecular complexity index is 640. The molecule has 0 unspecified atom stereocenters. The average Bonchev–Trinajstić information content (AvgIpc) is 2.82.